The highest BCUT2D eigenvalue weighted by Crippen LogP contribution is 2.44. The third kappa shape index (κ3) is 4.72. The van der Waals surface area contributed by atoms with Gasteiger partial charge in [-0.25, -0.2) is 4.79 Å². The van der Waals surface area contributed by atoms with Gasteiger partial charge in [-0.1, -0.05) is 62.4 Å². The molecule has 1 aliphatic heterocycles. The van der Waals surface area contributed by atoms with Crippen LogP contribution in [0.15, 0.2) is 48.5 Å². The van der Waals surface area contributed by atoms with Gasteiger partial charge < -0.3 is 20.1 Å². The number of carboxylic acid groups (broad SMARTS) is 1. The summed E-state index contributed by atoms with van der Waals surface area (Å²) in [6, 6.07) is 15.4. The van der Waals surface area contributed by atoms with Crippen molar-refractivity contribution < 1.29 is 24.2 Å². The zero-order valence-corrected chi connectivity index (χ0v) is 19.0. The Morgan fingerprint density at radius 1 is 1.06 bits per heavy atom. The van der Waals surface area contributed by atoms with E-state index in [1.165, 1.54) is 0 Å². The third-order valence-corrected chi connectivity index (χ3v) is 6.63. The standard InChI is InChI=1S/C26H30N2O5/c1-16(2)23(24(29)28-13-7-8-17(14-28)25(30)31)27-26(32)33-15-22-20-11-5-3-9-18(20)19-10-4-6-12-21(19)22/h3-6,9-12,16-17,22-23H,7-8,13-15H2,1-2H3,(H,27,32)(H,30,31)/t17-,23?/m1/s1. The van der Waals surface area contributed by atoms with Gasteiger partial charge in [-0.2, -0.15) is 0 Å². The van der Waals surface area contributed by atoms with Crippen molar-refractivity contribution in [2.24, 2.45) is 11.8 Å². The van der Waals surface area contributed by atoms with E-state index in [9.17, 15) is 19.5 Å². The Bertz CT molecular complexity index is 1000. The molecule has 2 aliphatic rings. The van der Waals surface area contributed by atoms with Crippen molar-refractivity contribution in [3.63, 3.8) is 0 Å². The molecule has 2 atom stereocenters. The number of alkyl carbamates (subject to hydrolysis) is 1. The zero-order valence-electron chi connectivity index (χ0n) is 19.0. The van der Waals surface area contributed by atoms with Gasteiger partial charge in [0.15, 0.2) is 0 Å². The number of hydrogen-bond acceptors (Lipinski definition) is 4. The van der Waals surface area contributed by atoms with E-state index in [0.29, 0.717) is 19.4 Å². The van der Waals surface area contributed by atoms with Gasteiger partial charge in [0.1, 0.15) is 12.6 Å². The number of fused-ring (bicyclic) bond motifs is 3. The number of nitrogens with zero attached hydrogens (tertiary/aromatic N) is 1. The topological polar surface area (TPSA) is 95.9 Å². The summed E-state index contributed by atoms with van der Waals surface area (Å²) < 4.78 is 5.60. The number of carboxylic acids is 1. The lowest BCUT2D eigenvalue weighted by Gasteiger charge is -2.34. The van der Waals surface area contributed by atoms with Crippen LogP contribution in [0.5, 0.6) is 0 Å². The summed E-state index contributed by atoms with van der Waals surface area (Å²) in [4.78, 5) is 38.7. The molecule has 0 aromatic heterocycles. The van der Waals surface area contributed by atoms with Crippen LogP contribution in [0.25, 0.3) is 11.1 Å². The molecule has 2 amide bonds. The quantitative estimate of drug-likeness (QED) is 0.697. The highest BCUT2D eigenvalue weighted by atomic mass is 16.5. The lowest BCUT2D eigenvalue weighted by molar-refractivity contribution is -0.146. The summed E-state index contributed by atoms with van der Waals surface area (Å²) in [6.45, 7) is 4.54. The second kappa shape index (κ2) is 9.65. The van der Waals surface area contributed by atoms with Gasteiger partial charge in [-0.05, 0) is 41.0 Å². The fourth-order valence-electron chi connectivity index (χ4n) is 4.86. The minimum atomic E-state index is -0.891. The Morgan fingerprint density at radius 2 is 1.67 bits per heavy atom. The van der Waals surface area contributed by atoms with Crippen molar-refractivity contribution in [1.29, 1.82) is 0 Å². The van der Waals surface area contributed by atoms with Crippen LogP contribution in [0.2, 0.25) is 0 Å². The molecule has 7 nitrogen and oxygen atoms in total. The monoisotopic (exact) mass is 450 g/mol. The number of amides is 2. The van der Waals surface area contributed by atoms with Crippen LogP contribution in [0.3, 0.4) is 0 Å². The van der Waals surface area contributed by atoms with Crippen LogP contribution in [0, 0.1) is 11.8 Å². The second-order valence-corrected chi connectivity index (χ2v) is 9.15. The highest BCUT2D eigenvalue weighted by molar-refractivity contribution is 5.86. The number of aliphatic carboxylic acids is 1. The van der Waals surface area contributed by atoms with Crippen molar-refractivity contribution in [3.8, 4) is 11.1 Å². The maximum absolute atomic E-state index is 13.1. The fraction of sp³-hybridized carbons (Fsp3) is 0.423. The fourth-order valence-corrected chi connectivity index (χ4v) is 4.86. The first-order valence-electron chi connectivity index (χ1n) is 11.5. The summed E-state index contributed by atoms with van der Waals surface area (Å²) in [5, 5.41) is 12.0. The van der Waals surface area contributed by atoms with Crippen molar-refractivity contribution in [2.75, 3.05) is 19.7 Å². The van der Waals surface area contributed by atoms with E-state index >= 15 is 0 Å². The van der Waals surface area contributed by atoms with Gasteiger partial charge in [-0.3, -0.25) is 9.59 Å². The molecule has 0 bridgehead atoms. The number of benzene rings is 2. The van der Waals surface area contributed by atoms with Crippen molar-refractivity contribution in [3.05, 3.63) is 59.7 Å². The van der Waals surface area contributed by atoms with Crippen LogP contribution < -0.4 is 5.32 Å². The first-order chi connectivity index (χ1) is 15.9. The molecular formula is C26H30N2O5. The van der Waals surface area contributed by atoms with Crippen LogP contribution in [0.1, 0.15) is 43.7 Å². The average molecular weight is 451 g/mol. The van der Waals surface area contributed by atoms with Crippen LogP contribution in [0.4, 0.5) is 4.79 Å². The maximum Gasteiger partial charge on any atom is 0.407 e. The number of ether oxygens (including phenoxy) is 1. The number of rotatable bonds is 6. The number of carbonyl (C=O) groups excluding carboxylic acids is 2. The predicted octanol–water partition coefficient (Wildman–Crippen LogP) is 3.87. The molecule has 1 heterocycles. The van der Waals surface area contributed by atoms with Crippen LogP contribution >= 0.6 is 0 Å². The third-order valence-electron chi connectivity index (χ3n) is 6.63. The number of carbonyl (C=O) groups is 3. The lowest BCUT2D eigenvalue weighted by atomic mass is 9.96. The first kappa shape index (κ1) is 22.8. The smallest absolute Gasteiger partial charge is 0.407 e. The van der Waals surface area contributed by atoms with Gasteiger partial charge in [-0.15, -0.1) is 0 Å². The summed E-state index contributed by atoms with van der Waals surface area (Å²) in [7, 11) is 0. The largest absolute Gasteiger partial charge is 0.481 e. The van der Waals surface area contributed by atoms with Gasteiger partial charge in [0.05, 0.1) is 5.92 Å². The molecule has 174 valence electrons. The predicted molar refractivity (Wildman–Crippen MR) is 124 cm³/mol. The molecule has 0 spiro atoms. The average Bonchev–Trinajstić information content (AvgIpc) is 3.14. The molecule has 1 saturated heterocycles. The van der Waals surface area contributed by atoms with Gasteiger partial charge in [0.2, 0.25) is 5.91 Å². The Kier molecular flexibility index (Phi) is 6.67. The van der Waals surface area contributed by atoms with Crippen molar-refractivity contribution in [2.45, 2.75) is 38.6 Å². The number of piperidine rings is 1. The van der Waals surface area contributed by atoms with Gasteiger partial charge >= 0.3 is 12.1 Å². The van der Waals surface area contributed by atoms with Crippen molar-refractivity contribution >= 4 is 18.0 Å². The summed E-state index contributed by atoms with van der Waals surface area (Å²) in [6.07, 6.45) is 0.555. The molecule has 0 saturated carbocycles. The Morgan fingerprint density at radius 3 is 2.24 bits per heavy atom. The Labute approximate surface area is 193 Å². The summed E-state index contributed by atoms with van der Waals surface area (Å²) >= 11 is 0. The van der Waals surface area contributed by atoms with E-state index < -0.39 is 24.0 Å². The number of likely N-dealkylation sites (tertiary alicyclic amines) is 1. The van der Waals surface area contributed by atoms with E-state index in [1.54, 1.807) is 4.90 Å². The molecular weight excluding hydrogens is 420 g/mol. The van der Waals surface area contributed by atoms with E-state index in [1.807, 2.05) is 38.1 Å². The molecule has 2 aromatic rings. The summed E-state index contributed by atoms with van der Waals surface area (Å²) in [5.74, 6) is -1.94. The molecule has 1 aliphatic carbocycles. The maximum atomic E-state index is 13.1. The van der Waals surface area contributed by atoms with Crippen LogP contribution in [-0.2, 0) is 14.3 Å². The van der Waals surface area contributed by atoms with Crippen LogP contribution in [-0.4, -0.2) is 53.7 Å². The zero-order chi connectivity index (χ0) is 23.5. The SMILES string of the molecule is CC(C)C(NC(=O)OCC1c2ccccc2-c2ccccc21)C(=O)N1CCC[C@@H](C(=O)O)C1. The Balaban J connectivity index is 1.41. The lowest BCUT2D eigenvalue weighted by Crippen LogP contribution is -2.54. The normalized spacial score (nSPS) is 18.4. The minimum absolute atomic E-state index is 0.0604. The van der Waals surface area contributed by atoms with Gasteiger partial charge in [0.25, 0.3) is 0 Å². The van der Waals surface area contributed by atoms with E-state index in [-0.39, 0.29) is 30.9 Å². The Hall–Kier alpha value is -3.35. The molecule has 33 heavy (non-hydrogen) atoms. The molecule has 2 N–H and O–H groups in total. The molecule has 2 aromatic carbocycles. The molecule has 1 unspecified atom stereocenters. The molecule has 4 rings (SSSR count). The number of hydrogen-bond donors (Lipinski definition) is 2. The minimum Gasteiger partial charge on any atom is -0.481 e. The summed E-state index contributed by atoms with van der Waals surface area (Å²) in [5.41, 5.74) is 4.54. The second-order valence-electron chi connectivity index (χ2n) is 9.15. The van der Waals surface area contributed by atoms with E-state index in [2.05, 4.69) is 29.6 Å². The number of nitrogens with one attached hydrogen (secondary N) is 1. The first-order valence-corrected chi connectivity index (χ1v) is 11.5. The highest BCUT2D eigenvalue weighted by Gasteiger charge is 2.35. The molecule has 1 fully saturated rings. The molecule has 7 heteroatoms. The molecule has 0 radical (unpaired) electrons. The van der Waals surface area contributed by atoms with E-state index in [4.69, 9.17) is 4.74 Å². The van der Waals surface area contributed by atoms with E-state index in [0.717, 1.165) is 22.3 Å². The van der Waals surface area contributed by atoms with Gasteiger partial charge in [0, 0.05) is 19.0 Å². The van der Waals surface area contributed by atoms with Crippen molar-refractivity contribution in [1.82, 2.24) is 10.2 Å².